The number of nitrogens with two attached hydrogens (primary N) is 1. The number of rotatable bonds is 10. The van der Waals surface area contributed by atoms with Gasteiger partial charge in [0.05, 0.1) is 20.3 Å². The van der Waals surface area contributed by atoms with Crippen molar-refractivity contribution in [2.45, 2.75) is 13.5 Å². The van der Waals surface area contributed by atoms with Crippen LogP contribution in [0.25, 0.3) is 0 Å². The van der Waals surface area contributed by atoms with Gasteiger partial charge in [0.2, 0.25) is 5.91 Å². The van der Waals surface area contributed by atoms with Crippen LogP contribution in [0.2, 0.25) is 0 Å². The van der Waals surface area contributed by atoms with E-state index in [2.05, 4.69) is 5.32 Å². The highest BCUT2D eigenvalue weighted by Gasteiger charge is 2.09. The topological polar surface area (TPSA) is 82.8 Å². The first-order valence-electron chi connectivity index (χ1n) is 6.54. The minimum absolute atomic E-state index is 0.0508. The van der Waals surface area contributed by atoms with E-state index < -0.39 is 5.91 Å². The van der Waals surface area contributed by atoms with Gasteiger partial charge in [-0.2, -0.15) is 0 Å². The Balaban J connectivity index is 2.43. The number of methoxy groups -OCH3 is 1. The van der Waals surface area contributed by atoms with Crippen LogP contribution in [0.3, 0.4) is 0 Å². The van der Waals surface area contributed by atoms with Gasteiger partial charge >= 0.3 is 0 Å². The maximum Gasteiger partial charge on any atom is 0.243 e. The highest BCUT2D eigenvalue weighted by Crippen LogP contribution is 2.30. The predicted octanol–water partition coefficient (Wildman–Crippen LogP) is 0.685. The molecule has 0 atom stereocenters. The molecule has 3 N–H and O–H groups in total. The largest absolute Gasteiger partial charge is 0.493 e. The fourth-order valence-electron chi connectivity index (χ4n) is 1.74. The summed E-state index contributed by atoms with van der Waals surface area (Å²) < 4.78 is 16.0. The summed E-state index contributed by atoms with van der Waals surface area (Å²) in [7, 11) is 1.62. The highest BCUT2D eigenvalue weighted by atomic mass is 16.5. The molecular formula is C14H22N2O4. The first kappa shape index (κ1) is 16.3. The molecule has 0 aliphatic heterocycles. The molecule has 0 unspecified atom stereocenters. The monoisotopic (exact) mass is 282 g/mol. The van der Waals surface area contributed by atoms with E-state index in [0.29, 0.717) is 26.3 Å². The van der Waals surface area contributed by atoms with Crippen molar-refractivity contribution in [3.8, 4) is 11.5 Å². The lowest BCUT2D eigenvalue weighted by atomic mass is 10.2. The molecule has 0 saturated carbocycles. The van der Waals surface area contributed by atoms with Gasteiger partial charge in [0.25, 0.3) is 0 Å². The van der Waals surface area contributed by atoms with E-state index in [-0.39, 0.29) is 6.61 Å². The maximum absolute atomic E-state index is 10.5. The third-order valence-electron chi connectivity index (χ3n) is 2.55. The van der Waals surface area contributed by atoms with Crippen LogP contribution in [0.15, 0.2) is 18.2 Å². The summed E-state index contributed by atoms with van der Waals surface area (Å²) in [5.41, 5.74) is 5.97. The minimum atomic E-state index is -0.462. The Labute approximate surface area is 119 Å². The van der Waals surface area contributed by atoms with E-state index >= 15 is 0 Å². The van der Waals surface area contributed by atoms with Gasteiger partial charge in [-0.05, 0) is 13.0 Å². The number of nitrogens with one attached hydrogen (secondary N) is 1. The minimum Gasteiger partial charge on any atom is -0.493 e. The first-order chi connectivity index (χ1) is 9.69. The SMILES string of the molecule is CCOc1cccc(CNCCOCC(N)=O)c1OC. The van der Waals surface area contributed by atoms with Gasteiger partial charge in [-0.25, -0.2) is 0 Å². The summed E-state index contributed by atoms with van der Waals surface area (Å²) in [6, 6.07) is 5.77. The highest BCUT2D eigenvalue weighted by molar-refractivity contribution is 5.74. The van der Waals surface area contributed by atoms with Crippen molar-refractivity contribution >= 4 is 5.91 Å². The Bertz CT molecular complexity index is 424. The molecule has 6 heteroatoms. The second-order valence-corrected chi connectivity index (χ2v) is 4.08. The summed E-state index contributed by atoms with van der Waals surface area (Å²) in [6.45, 7) is 4.15. The molecule has 112 valence electrons. The number of carbonyl (C=O) groups is 1. The van der Waals surface area contributed by atoms with Crippen LogP contribution in [-0.4, -0.2) is 39.4 Å². The van der Waals surface area contributed by atoms with Gasteiger partial charge < -0.3 is 25.3 Å². The first-order valence-corrected chi connectivity index (χ1v) is 6.54. The number of hydrogen-bond donors (Lipinski definition) is 2. The normalized spacial score (nSPS) is 10.3. The standard InChI is InChI=1S/C14H22N2O4/c1-3-20-12-6-4-5-11(14(12)18-2)9-16-7-8-19-10-13(15)17/h4-6,16H,3,7-10H2,1-2H3,(H2,15,17). The number of carbonyl (C=O) groups excluding carboxylic acids is 1. The van der Waals surface area contributed by atoms with E-state index in [1.54, 1.807) is 7.11 Å². The third kappa shape index (κ3) is 5.46. The van der Waals surface area contributed by atoms with E-state index in [9.17, 15) is 4.79 Å². The lowest BCUT2D eigenvalue weighted by Crippen LogP contribution is -2.24. The quantitative estimate of drug-likeness (QED) is 0.617. The van der Waals surface area contributed by atoms with Gasteiger partial charge in [-0.1, -0.05) is 12.1 Å². The molecule has 1 amide bonds. The average Bonchev–Trinajstić information content (AvgIpc) is 2.43. The molecular weight excluding hydrogens is 260 g/mol. The van der Waals surface area contributed by atoms with Crippen molar-refractivity contribution in [2.75, 3.05) is 33.5 Å². The Kier molecular flexibility index (Phi) is 7.46. The number of hydrogen-bond acceptors (Lipinski definition) is 5. The Hall–Kier alpha value is -1.79. The summed E-state index contributed by atoms with van der Waals surface area (Å²) in [4.78, 5) is 10.5. The Morgan fingerprint density at radius 3 is 2.85 bits per heavy atom. The van der Waals surface area contributed by atoms with Gasteiger partial charge in [0.1, 0.15) is 6.61 Å². The van der Waals surface area contributed by atoms with E-state index in [1.165, 1.54) is 0 Å². The smallest absolute Gasteiger partial charge is 0.243 e. The zero-order chi connectivity index (χ0) is 14.8. The Morgan fingerprint density at radius 1 is 1.40 bits per heavy atom. The molecule has 0 fully saturated rings. The van der Waals surface area contributed by atoms with E-state index in [4.69, 9.17) is 19.9 Å². The zero-order valence-electron chi connectivity index (χ0n) is 12.0. The molecule has 6 nitrogen and oxygen atoms in total. The number of para-hydroxylation sites is 1. The summed E-state index contributed by atoms with van der Waals surface area (Å²) in [5.74, 6) is 1.01. The Morgan fingerprint density at radius 2 is 2.20 bits per heavy atom. The van der Waals surface area contributed by atoms with Crippen LogP contribution in [0, 0.1) is 0 Å². The molecule has 0 bridgehead atoms. The lowest BCUT2D eigenvalue weighted by Gasteiger charge is -2.14. The summed E-state index contributed by atoms with van der Waals surface area (Å²) >= 11 is 0. The average molecular weight is 282 g/mol. The molecule has 0 heterocycles. The third-order valence-corrected chi connectivity index (χ3v) is 2.55. The molecule has 0 aliphatic carbocycles. The van der Waals surface area contributed by atoms with Crippen LogP contribution in [0.5, 0.6) is 11.5 Å². The fourth-order valence-corrected chi connectivity index (χ4v) is 1.74. The van der Waals surface area contributed by atoms with Gasteiger partial charge in [-0.15, -0.1) is 0 Å². The van der Waals surface area contributed by atoms with Crippen molar-refractivity contribution in [1.82, 2.24) is 5.32 Å². The molecule has 20 heavy (non-hydrogen) atoms. The number of ether oxygens (including phenoxy) is 3. The number of primary amides is 1. The van der Waals surface area contributed by atoms with Gasteiger partial charge in [-0.3, -0.25) is 4.79 Å². The molecule has 1 aromatic rings. The molecule has 1 rings (SSSR count). The second kappa shape index (κ2) is 9.17. The van der Waals surface area contributed by atoms with Crippen molar-refractivity contribution in [2.24, 2.45) is 5.73 Å². The molecule has 1 aromatic carbocycles. The van der Waals surface area contributed by atoms with E-state index in [0.717, 1.165) is 17.1 Å². The van der Waals surface area contributed by atoms with Crippen LogP contribution < -0.4 is 20.5 Å². The zero-order valence-corrected chi connectivity index (χ0v) is 12.0. The van der Waals surface area contributed by atoms with Crippen molar-refractivity contribution in [3.05, 3.63) is 23.8 Å². The number of amides is 1. The van der Waals surface area contributed by atoms with Crippen LogP contribution >= 0.6 is 0 Å². The lowest BCUT2D eigenvalue weighted by molar-refractivity contribution is -0.122. The van der Waals surface area contributed by atoms with Gasteiger partial charge in [0.15, 0.2) is 11.5 Å². The van der Waals surface area contributed by atoms with Crippen LogP contribution in [-0.2, 0) is 16.1 Å². The van der Waals surface area contributed by atoms with Crippen LogP contribution in [0.4, 0.5) is 0 Å². The van der Waals surface area contributed by atoms with Gasteiger partial charge in [0, 0.05) is 18.7 Å². The van der Waals surface area contributed by atoms with E-state index in [1.807, 2.05) is 25.1 Å². The van der Waals surface area contributed by atoms with Crippen molar-refractivity contribution in [3.63, 3.8) is 0 Å². The summed E-state index contributed by atoms with van der Waals surface area (Å²) in [6.07, 6.45) is 0. The summed E-state index contributed by atoms with van der Waals surface area (Å²) in [5, 5.41) is 3.21. The number of benzene rings is 1. The fraction of sp³-hybridized carbons (Fsp3) is 0.500. The molecule has 0 spiro atoms. The second-order valence-electron chi connectivity index (χ2n) is 4.08. The van der Waals surface area contributed by atoms with Crippen molar-refractivity contribution in [1.29, 1.82) is 0 Å². The molecule has 0 aromatic heterocycles. The maximum atomic E-state index is 10.5. The van der Waals surface area contributed by atoms with Crippen LogP contribution in [0.1, 0.15) is 12.5 Å². The molecule has 0 aliphatic rings. The molecule has 0 radical (unpaired) electrons. The van der Waals surface area contributed by atoms with Crippen molar-refractivity contribution < 1.29 is 19.0 Å². The molecule has 0 saturated heterocycles. The predicted molar refractivity (Wildman–Crippen MR) is 75.9 cm³/mol.